The van der Waals surface area contributed by atoms with Crippen molar-refractivity contribution in [2.45, 2.75) is 39.2 Å². The third-order valence-corrected chi connectivity index (χ3v) is 3.37. The maximum absolute atomic E-state index is 12.1. The van der Waals surface area contributed by atoms with Gasteiger partial charge in [-0.2, -0.15) is 0 Å². The summed E-state index contributed by atoms with van der Waals surface area (Å²) >= 11 is 0. The monoisotopic (exact) mass is 287 g/mol. The fourth-order valence-corrected chi connectivity index (χ4v) is 2.13. The summed E-state index contributed by atoms with van der Waals surface area (Å²) < 4.78 is 1.87. The minimum absolute atomic E-state index is 0.197. The van der Waals surface area contributed by atoms with Crippen LogP contribution in [0.2, 0.25) is 0 Å². The largest absolute Gasteiger partial charge is 0.323 e. The second-order valence-electron chi connectivity index (χ2n) is 5.37. The van der Waals surface area contributed by atoms with E-state index in [2.05, 4.69) is 15.3 Å². The van der Waals surface area contributed by atoms with Crippen LogP contribution in [0.3, 0.4) is 0 Å². The fourth-order valence-electron chi connectivity index (χ4n) is 2.13. The summed E-state index contributed by atoms with van der Waals surface area (Å²) in [5.74, 6) is 1.42. The molecule has 2 rings (SSSR count). The molecule has 6 nitrogen and oxygen atoms in total. The molecule has 0 aliphatic rings. The summed E-state index contributed by atoms with van der Waals surface area (Å²) in [7, 11) is 0. The highest BCUT2D eigenvalue weighted by molar-refractivity contribution is 5.97. The zero-order valence-electron chi connectivity index (χ0n) is 12.6. The molecule has 3 N–H and O–H groups in total. The summed E-state index contributed by atoms with van der Waals surface area (Å²) in [6, 6.07) is 3.64. The molecule has 0 aliphatic heterocycles. The number of aryl methyl sites for hydroxylation is 1. The molecule has 112 valence electrons. The van der Waals surface area contributed by atoms with E-state index >= 15 is 0 Å². The number of anilines is 1. The van der Waals surface area contributed by atoms with Gasteiger partial charge in [0.25, 0.3) is 0 Å². The Morgan fingerprint density at radius 2 is 2.19 bits per heavy atom. The molecule has 0 aromatic carbocycles. The molecule has 6 heteroatoms. The van der Waals surface area contributed by atoms with Crippen molar-refractivity contribution in [3.05, 3.63) is 36.5 Å². The highest BCUT2D eigenvalue weighted by Crippen LogP contribution is 2.15. The normalized spacial score (nSPS) is 13.7. The van der Waals surface area contributed by atoms with E-state index in [9.17, 15) is 4.79 Å². The van der Waals surface area contributed by atoms with Gasteiger partial charge in [0.05, 0.1) is 17.4 Å². The van der Waals surface area contributed by atoms with E-state index in [1.165, 1.54) is 0 Å². The van der Waals surface area contributed by atoms with Crippen LogP contribution in [0.15, 0.2) is 30.7 Å². The quantitative estimate of drug-likeness (QED) is 0.881. The highest BCUT2D eigenvalue weighted by atomic mass is 16.2. The number of hydrogen-bond acceptors (Lipinski definition) is 4. The average molecular weight is 287 g/mol. The van der Waals surface area contributed by atoms with E-state index in [1.54, 1.807) is 19.3 Å². The Balaban J connectivity index is 2.10. The molecule has 1 amide bonds. The van der Waals surface area contributed by atoms with Gasteiger partial charge in [0.1, 0.15) is 11.6 Å². The number of rotatable bonds is 5. The Hall–Kier alpha value is -2.21. The second kappa shape index (κ2) is 6.05. The Morgan fingerprint density at radius 1 is 1.43 bits per heavy atom. The maximum Gasteiger partial charge on any atom is 0.244 e. The lowest BCUT2D eigenvalue weighted by atomic mass is 9.96. The fraction of sp³-hybridized carbons (Fsp3) is 0.400. The van der Waals surface area contributed by atoms with Crippen LogP contribution < -0.4 is 11.1 Å². The minimum atomic E-state index is -0.867. The highest BCUT2D eigenvalue weighted by Gasteiger charge is 2.27. The Kier molecular flexibility index (Phi) is 4.37. The van der Waals surface area contributed by atoms with Crippen LogP contribution in [0.1, 0.15) is 32.5 Å². The number of nitrogens with two attached hydrogens (primary N) is 1. The molecule has 1 unspecified atom stereocenters. The molecule has 0 radical (unpaired) electrons. The molecule has 0 saturated carbocycles. The first-order valence-electron chi connectivity index (χ1n) is 7.01. The zero-order valence-corrected chi connectivity index (χ0v) is 12.6. The van der Waals surface area contributed by atoms with E-state index < -0.39 is 5.54 Å². The molecule has 1 atom stereocenters. The van der Waals surface area contributed by atoms with E-state index in [0.717, 1.165) is 18.1 Å². The first kappa shape index (κ1) is 15.2. The van der Waals surface area contributed by atoms with E-state index in [4.69, 9.17) is 5.73 Å². The molecule has 0 bridgehead atoms. The van der Waals surface area contributed by atoms with Crippen LogP contribution in [-0.2, 0) is 4.79 Å². The summed E-state index contributed by atoms with van der Waals surface area (Å²) in [5.41, 5.74) is 5.77. The van der Waals surface area contributed by atoms with Gasteiger partial charge < -0.3 is 11.1 Å². The van der Waals surface area contributed by atoms with Gasteiger partial charge >= 0.3 is 0 Å². The smallest absolute Gasteiger partial charge is 0.244 e. The van der Waals surface area contributed by atoms with Crippen LogP contribution in [0.4, 0.5) is 5.69 Å². The van der Waals surface area contributed by atoms with Gasteiger partial charge in [-0.15, -0.1) is 0 Å². The first-order chi connectivity index (χ1) is 9.94. The SMILES string of the molecule is CCCC(C)(N)C(=O)Nc1ccc(-n2ccnc2C)nc1. The van der Waals surface area contributed by atoms with E-state index in [0.29, 0.717) is 12.1 Å². The van der Waals surface area contributed by atoms with Crippen LogP contribution >= 0.6 is 0 Å². The molecule has 0 fully saturated rings. The standard InChI is InChI=1S/C15H21N5O/c1-4-7-15(3,16)14(21)19-12-5-6-13(18-10-12)20-9-8-17-11(20)2/h5-6,8-10H,4,7,16H2,1-3H3,(H,19,21). The van der Waals surface area contributed by atoms with Gasteiger partial charge in [0.15, 0.2) is 0 Å². The second-order valence-corrected chi connectivity index (χ2v) is 5.37. The average Bonchev–Trinajstić information content (AvgIpc) is 2.86. The number of hydrogen-bond donors (Lipinski definition) is 2. The van der Waals surface area contributed by atoms with Crippen molar-refractivity contribution >= 4 is 11.6 Å². The zero-order chi connectivity index (χ0) is 15.5. The number of carbonyl (C=O) groups is 1. The summed E-state index contributed by atoms with van der Waals surface area (Å²) in [6.07, 6.45) is 6.68. The van der Waals surface area contributed by atoms with Crippen molar-refractivity contribution in [2.24, 2.45) is 5.73 Å². The maximum atomic E-state index is 12.1. The molecule has 0 aliphatic carbocycles. The molecule has 2 aromatic heterocycles. The van der Waals surface area contributed by atoms with Crippen molar-refractivity contribution in [1.29, 1.82) is 0 Å². The Bertz CT molecular complexity index is 615. The van der Waals surface area contributed by atoms with Crippen LogP contribution in [-0.4, -0.2) is 26.0 Å². The molecule has 2 heterocycles. The molecule has 0 spiro atoms. The van der Waals surface area contributed by atoms with Gasteiger partial charge in [0.2, 0.25) is 5.91 Å². The van der Waals surface area contributed by atoms with Gasteiger partial charge in [-0.1, -0.05) is 13.3 Å². The molecule has 0 saturated heterocycles. The third kappa shape index (κ3) is 3.46. The van der Waals surface area contributed by atoms with Crippen molar-refractivity contribution in [2.75, 3.05) is 5.32 Å². The van der Waals surface area contributed by atoms with Crippen molar-refractivity contribution in [3.8, 4) is 5.82 Å². The van der Waals surface area contributed by atoms with Crippen LogP contribution in [0.25, 0.3) is 5.82 Å². The third-order valence-electron chi connectivity index (χ3n) is 3.37. The minimum Gasteiger partial charge on any atom is -0.323 e. The first-order valence-corrected chi connectivity index (χ1v) is 7.01. The molecular formula is C15H21N5O. The molecule has 21 heavy (non-hydrogen) atoms. The lowest BCUT2D eigenvalue weighted by Gasteiger charge is -2.22. The van der Waals surface area contributed by atoms with Crippen molar-refractivity contribution < 1.29 is 4.79 Å². The Morgan fingerprint density at radius 3 is 2.71 bits per heavy atom. The number of amides is 1. The van der Waals surface area contributed by atoms with Crippen LogP contribution in [0, 0.1) is 6.92 Å². The van der Waals surface area contributed by atoms with Gasteiger partial charge in [0, 0.05) is 12.4 Å². The lowest BCUT2D eigenvalue weighted by Crippen LogP contribution is -2.48. The van der Waals surface area contributed by atoms with Gasteiger partial charge in [-0.25, -0.2) is 9.97 Å². The number of aromatic nitrogens is 3. The van der Waals surface area contributed by atoms with Gasteiger partial charge in [-0.05, 0) is 32.4 Å². The van der Waals surface area contributed by atoms with Crippen molar-refractivity contribution in [1.82, 2.24) is 14.5 Å². The lowest BCUT2D eigenvalue weighted by molar-refractivity contribution is -0.120. The summed E-state index contributed by atoms with van der Waals surface area (Å²) in [5, 5.41) is 2.80. The van der Waals surface area contributed by atoms with E-state index in [-0.39, 0.29) is 5.91 Å². The topological polar surface area (TPSA) is 85.8 Å². The summed E-state index contributed by atoms with van der Waals surface area (Å²) in [4.78, 5) is 20.6. The van der Waals surface area contributed by atoms with Crippen LogP contribution in [0.5, 0.6) is 0 Å². The number of carbonyl (C=O) groups excluding carboxylic acids is 1. The Labute approximate surface area is 124 Å². The van der Waals surface area contributed by atoms with Crippen molar-refractivity contribution in [3.63, 3.8) is 0 Å². The number of nitrogens with zero attached hydrogens (tertiary/aromatic N) is 3. The molecule has 2 aromatic rings. The molecular weight excluding hydrogens is 266 g/mol. The van der Waals surface area contributed by atoms with Gasteiger partial charge in [-0.3, -0.25) is 9.36 Å². The van der Waals surface area contributed by atoms with E-state index in [1.807, 2.05) is 36.7 Å². The predicted molar refractivity (Wildman–Crippen MR) is 82.2 cm³/mol. The number of pyridine rings is 1. The summed E-state index contributed by atoms with van der Waals surface area (Å²) in [6.45, 7) is 5.65. The number of imidazole rings is 1. The predicted octanol–water partition coefficient (Wildman–Crippen LogP) is 2.03. The number of nitrogens with one attached hydrogen (secondary N) is 1.